The number of carbonyl (C=O) groups is 11. The van der Waals surface area contributed by atoms with Crippen molar-refractivity contribution < 1.29 is 78.3 Å². The summed E-state index contributed by atoms with van der Waals surface area (Å²) >= 11 is 0. The summed E-state index contributed by atoms with van der Waals surface area (Å²) in [5.74, 6) is -11.5. The highest BCUT2D eigenvalue weighted by Crippen LogP contribution is 2.15. The van der Waals surface area contributed by atoms with E-state index in [2.05, 4.69) is 37.2 Å². The SMILES string of the molecule is CC(C)CC(=O)N[C@H](C(=O)N[C@H](C(=O)N[C@@H](CC(C)C)[C@@H](O)CC(=O)N[C@@H](C)C(=O)N[C@@H](CC(C)C)[C@@H](O)CC(=O)NCCC(=O)N[C@H](CC(=O)O)C(=O)N[C@H](CC(=O)O)C(=O)O)C(C)C)C(C)C. The second kappa shape index (κ2) is 31.3. The molecule has 0 aromatic rings. The minimum Gasteiger partial charge on any atom is -0.481 e. The summed E-state index contributed by atoms with van der Waals surface area (Å²) in [6.45, 7) is 19.0. The molecule has 0 aliphatic rings. The van der Waals surface area contributed by atoms with Crippen LogP contribution in [0.3, 0.4) is 0 Å². The lowest BCUT2D eigenvalue weighted by molar-refractivity contribution is -0.148. The summed E-state index contributed by atoms with van der Waals surface area (Å²) in [6, 6.07) is -8.83. The van der Waals surface area contributed by atoms with Crippen LogP contribution in [-0.4, -0.2) is 152 Å². The highest BCUT2D eigenvalue weighted by Gasteiger charge is 2.35. The number of amides is 8. The van der Waals surface area contributed by atoms with Crippen molar-refractivity contribution in [1.29, 1.82) is 0 Å². The molecular weight excluding hydrogens is 909 g/mol. The van der Waals surface area contributed by atoms with Gasteiger partial charge in [0.05, 0.1) is 50.0 Å². The van der Waals surface area contributed by atoms with Crippen molar-refractivity contribution in [3.8, 4) is 0 Å². The Hall–Kier alpha value is -5.91. The molecule has 24 nitrogen and oxygen atoms in total. The maximum Gasteiger partial charge on any atom is 0.326 e. The van der Waals surface area contributed by atoms with Crippen molar-refractivity contribution >= 4 is 65.2 Å². The molecule has 0 fully saturated rings. The van der Waals surface area contributed by atoms with Crippen molar-refractivity contribution in [3.63, 3.8) is 0 Å². The maximum atomic E-state index is 13.7. The van der Waals surface area contributed by atoms with Crippen molar-refractivity contribution in [2.24, 2.45) is 29.6 Å². The van der Waals surface area contributed by atoms with Crippen LogP contribution in [0.25, 0.3) is 0 Å². The summed E-state index contributed by atoms with van der Waals surface area (Å²) in [5.41, 5.74) is 0. The highest BCUT2D eigenvalue weighted by molar-refractivity contribution is 5.94. The van der Waals surface area contributed by atoms with Crippen LogP contribution in [0, 0.1) is 29.6 Å². The predicted molar refractivity (Wildman–Crippen MR) is 248 cm³/mol. The third-order valence-electron chi connectivity index (χ3n) is 10.4. The quantitative estimate of drug-likeness (QED) is 0.0371. The van der Waals surface area contributed by atoms with Gasteiger partial charge in [-0.05, 0) is 49.4 Å². The zero-order valence-corrected chi connectivity index (χ0v) is 41.7. The fraction of sp³-hybridized carbons (Fsp3) is 0.756. The number of aliphatic hydroxyl groups excluding tert-OH is 2. The molecule has 0 heterocycles. The van der Waals surface area contributed by atoms with Crippen LogP contribution in [0.15, 0.2) is 0 Å². The Kier molecular flexibility index (Phi) is 28.6. The number of rotatable bonds is 33. The van der Waals surface area contributed by atoms with Gasteiger partial charge in [0.1, 0.15) is 30.2 Å². The van der Waals surface area contributed by atoms with Gasteiger partial charge in [0.2, 0.25) is 47.3 Å². The summed E-state index contributed by atoms with van der Waals surface area (Å²) in [5, 5.41) is 69.2. The van der Waals surface area contributed by atoms with Gasteiger partial charge >= 0.3 is 17.9 Å². The minimum absolute atomic E-state index is 0.0591. The Morgan fingerprint density at radius 3 is 1.29 bits per heavy atom. The third-order valence-corrected chi connectivity index (χ3v) is 10.4. The van der Waals surface area contributed by atoms with Gasteiger partial charge in [0, 0.05) is 19.4 Å². The molecule has 69 heavy (non-hydrogen) atoms. The van der Waals surface area contributed by atoms with E-state index in [0.29, 0.717) is 0 Å². The molecule has 0 radical (unpaired) electrons. The van der Waals surface area contributed by atoms with E-state index in [1.165, 1.54) is 6.92 Å². The number of hydrogen-bond acceptors (Lipinski definition) is 13. The lowest BCUT2D eigenvalue weighted by atomic mass is 9.95. The van der Waals surface area contributed by atoms with Crippen LogP contribution in [0.5, 0.6) is 0 Å². The van der Waals surface area contributed by atoms with Gasteiger partial charge in [-0.25, -0.2) is 4.79 Å². The van der Waals surface area contributed by atoms with E-state index in [1.54, 1.807) is 41.5 Å². The lowest BCUT2D eigenvalue weighted by Crippen LogP contribution is -2.59. The molecule has 394 valence electrons. The number of aliphatic carboxylic acids is 3. The zero-order chi connectivity index (χ0) is 53.5. The summed E-state index contributed by atoms with van der Waals surface area (Å²) < 4.78 is 0. The molecule has 0 saturated heterocycles. The lowest BCUT2D eigenvalue weighted by Gasteiger charge is -2.31. The van der Waals surface area contributed by atoms with E-state index in [0.717, 1.165) is 0 Å². The molecule has 24 heteroatoms. The number of carboxylic acid groups (broad SMARTS) is 3. The second-order valence-corrected chi connectivity index (χ2v) is 19.3. The maximum absolute atomic E-state index is 13.7. The van der Waals surface area contributed by atoms with Gasteiger partial charge in [0.15, 0.2) is 0 Å². The summed E-state index contributed by atoms with van der Waals surface area (Å²) in [6.07, 6.45) is -5.85. The first-order valence-electron chi connectivity index (χ1n) is 23.2. The average Bonchev–Trinajstić information content (AvgIpc) is 3.19. The van der Waals surface area contributed by atoms with Gasteiger partial charge in [0.25, 0.3) is 0 Å². The van der Waals surface area contributed by atoms with E-state index in [4.69, 9.17) is 5.11 Å². The van der Waals surface area contributed by atoms with Gasteiger partial charge in [-0.2, -0.15) is 0 Å². The first kappa shape index (κ1) is 63.1. The second-order valence-electron chi connectivity index (χ2n) is 19.3. The van der Waals surface area contributed by atoms with E-state index < -0.39 is 152 Å². The smallest absolute Gasteiger partial charge is 0.326 e. The van der Waals surface area contributed by atoms with Gasteiger partial charge in [-0.1, -0.05) is 69.2 Å². The average molecular weight is 987 g/mol. The van der Waals surface area contributed by atoms with E-state index in [9.17, 15) is 73.2 Å². The highest BCUT2D eigenvalue weighted by atomic mass is 16.4. The fourth-order valence-corrected chi connectivity index (χ4v) is 6.85. The topological polar surface area (TPSA) is 385 Å². The third kappa shape index (κ3) is 26.4. The number of carbonyl (C=O) groups excluding carboxylic acids is 8. The Morgan fingerprint density at radius 2 is 0.841 bits per heavy atom. The van der Waals surface area contributed by atoms with Crippen molar-refractivity contribution in [2.45, 2.75) is 182 Å². The van der Waals surface area contributed by atoms with Crippen LogP contribution >= 0.6 is 0 Å². The van der Waals surface area contributed by atoms with Gasteiger partial charge < -0.3 is 68.1 Å². The van der Waals surface area contributed by atoms with Crippen LogP contribution in [0.1, 0.15) is 128 Å². The minimum atomic E-state index is -1.91. The zero-order valence-electron chi connectivity index (χ0n) is 41.7. The predicted octanol–water partition coefficient (Wildman–Crippen LogP) is -1.11. The standard InChI is InChI=1S/C45H78N8O16/c1-21(2)14-27(31(54)19-34(57)46-13-12-33(56)48-29(17-37(60)61)42(65)51-30(45(68)69)18-38(62)63)49-41(64)26(11)47-36(59)20-32(55)28(15-22(3)4)50-43(66)40(25(9)10)53-44(67)39(24(7)8)52-35(58)16-23(5)6/h21-32,39-40,54-55H,12-20H2,1-11H3,(H,46,57)(H,47,59)(H,48,56)(H,49,64)(H,50,66)(H,51,65)(H,52,58)(H,53,67)(H,60,61)(H,62,63)(H,68,69)/t26-,27-,28-,29+,30+,31-,32-,39-,40-/m0/s1. The molecule has 0 bridgehead atoms. The normalized spacial score (nSPS) is 15.3. The largest absolute Gasteiger partial charge is 0.481 e. The number of nitrogens with one attached hydrogen (secondary N) is 8. The number of aliphatic hydroxyl groups is 2. The van der Waals surface area contributed by atoms with Crippen molar-refractivity contribution in [1.82, 2.24) is 42.5 Å². The first-order valence-corrected chi connectivity index (χ1v) is 23.2. The Labute approximate surface area is 403 Å². The van der Waals surface area contributed by atoms with Crippen LogP contribution < -0.4 is 42.5 Å². The van der Waals surface area contributed by atoms with E-state index in [1.807, 2.05) is 33.0 Å². The van der Waals surface area contributed by atoms with Gasteiger partial charge in [-0.3, -0.25) is 47.9 Å². The number of carboxylic acids is 3. The fourth-order valence-electron chi connectivity index (χ4n) is 6.85. The summed E-state index contributed by atoms with van der Waals surface area (Å²) in [7, 11) is 0. The van der Waals surface area contributed by atoms with Crippen LogP contribution in [0.4, 0.5) is 0 Å². The van der Waals surface area contributed by atoms with Crippen LogP contribution in [-0.2, 0) is 52.7 Å². The van der Waals surface area contributed by atoms with E-state index in [-0.39, 0.29) is 55.4 Å². The molecule has 0 aromatic carbocycles. The Morgan fingerprint density at radius 1 is 0.406 bits per heavy atom. The van der Waals surface area contributed by atoms with Crippen molar-refractivity contribution in [2.75, 3.05) is 6.54 Å². The Balaban J connectivity index is 5.59. The Bertz CT molecular complexity index is 1770. The molecule has 9 atom stereocenters. The van der Waals surface area contributed by atoms with Crippen molar-refractivity contribution in [3.05, 3.63) is 0 Å². The monoisotopic (exact) mass is 987 g/mol. The number of hydrogen-bond donors (Lipinski definition) is 13. The first-order chi connectivity index (χ1) is 31.8. The molecular formula is C45H78N8O16. The molecule has 0 unspecified atom stereocenters. The van der Waals surface area contributed by atoms with Gasteiger partial charge in [-0.15, -0.1) is 0 Å². The molecule has 8 amide bonds. The molecule has 13 N–H and O–H groups in total. The molecule has 0 rings (SSSR count). The van der Waals surface area contributed by atoms with E-state index >= 15 is 0 Å². The molecule has 0 saturated carbocycles. The summed E-state index contributed by atoms with van der Waals surface area (Å²) in [4.78, 5) is 137. The van der Waals surface area contributed by atoms with Crippen LogP contribution in [0.2, 0.25) is 0 Å². The molecule has 0 aliphatic carbocycles. The molecule has 0 spiro atoms. The molecule has 0 aromatic heterocycles. The molecule has 0 aliphatic heterocycles.